The first-order chi connectivity index (χ1) is 8.69. The number of nitrogens with one attached hydrogen (secondary N) is 1. The first-order valence-electron chi connectivity index (χ1n) is 7.13. The van der Waals surface area contributed by atoms with Crippen LogP contribution in [0.1, 0.15) is 38.2 Å². The molecule has 2 rings (SSSR count). The van der Waals surface area contributed by atoms with Gasteiger partial charge in [-0.25, -0.2) is 0 Å². The molecule has 1 aromatic carbocycles. The van der Waals surface area contributed by atoms with E-state index in [-0.39, 0.29) is 12.6 Å². The molecule has 1 saturated carbocycles. The quantitative estimate of drug-likeness (QED) is 0.852. The Morgan fingerprint density at radius 2 is 2.00 bits per heavy atom. The number of benzene rings is 1. The number of hydrogen-bond donors (Lipinski definition) is 2. The maximum Gasteiger partial charge on any atom is 0.0635 e. The van der Waals surface area contributed by atoms with Crippen molar-refractivity contribution in [2.75, 3.05) is 11.9 Å². The highest BCUT2D eigenvalue weighted by Crippen LogP contribution is 2.31. The fourth-order valence-corrected chi connectivity index (χ4v) is 2.95. The molecule has 0 aliphatic heterocycles. The first kappa shape index (κ1) is 13.4. The second-order valence-electron chi connectivity index (χ2n) is 5.82. The Balaban J connectivity index is 1.96. The van der Waals surface area contributed by atoms with Crippen LogP contribution in [0.5, 0.6) is 0 Å². The van der Waals surface area contributed by atoms with E-state index in [9.17, 15) is 5.11 Å². The molecule has 0 heterocycles. The van der Waals surface area contributed by atoms with E-state index in [1.807, 2.05) is 0 Å². The normalized spacial score (nSPS) is 25.7. The van der Waals surface area contributed by atoms with Gasteiger partial charge in [0.15, 0.2) is 0 Å². The Labute approximate surface area is 110 Å². The van der Waals surface area contributed by atoms with Gasteiger partial charge in [0.05, 0.1) is 12.6 Å². The molecule has 2 nitrogen and oxygen atoms in total. The molecular formula is C16H25NO. The summed E-state index contributed by atoms with van der Waals surface area (Å²) in [5.74, 6) is 1.48. The Morgan fingerprint density at radius 1 is 1.28 bits per heavy atom. The lowest BCUT2D eigenvalue weighted by Crippen LogP contribution is -2.35. The molecule has 1 unspecified atom stereocenters. The molecule has 1 aromatic rings. The van der Waals surface area contributed by atoms with E-state index in [1.165, 1.54) is 31.2 Å². The lowest BCUT2D eigenvalue weighted by atomic mass is 9.79. The first-order valence-corrected chi connectivity index (χ1v) is 7.13. The molecule has 0 amide bonds. The topological polar surface area (TPSA) is 32.3 Å². The van der Waals surface area contributed by atoms with Gasteiger partial charge in [-0.05, 0) is 49.3 Å². The zero-order valence-corrected chi connectivity index (χ0v) is 11.5. The molecule has 2 heteroatoms. The Kier molecular flexibility index (Phi) is 4.65. The van der Waals surface area contributed by atoms with Gasteiger partial charge in [0.25, 0.3) is 0 Å². The number of aryl methyl sites for hydroxylation is 1. The molecule has 18 heavy (non-hydrogen) atoms. The summed E-state index contributed by atoms with van der Waals surface area (Å²) in [6.45, 7) is 4.66. The summed E-state index contributed by atoms with van der Waals surface area (Å²) in [5, 5.41) is 13.1. The summed E-state index contributed by atoms with van der Waals surface area (Å²) < 4.78 is 0. The molecule has 1 aliphatic carbocycles. The lowest BCUT2D eigenvalue weighted by molar-refractivity contribution is 0.193. The third kappa shape index (κ3) is 3.49. The maximum atomic E-state index is 9.61. The molecule has 0 spiro atoms. The van der Waals surface area contributed by atoms with Crippen LogP contribution < -0.4 is 5.32 Å². The van der Waals surface area contributed by atoms with Gasteiger partial charge in [-0.2, -0.15) is 0 Å². The van der Waals surface area contributed by atoms with Gasteiger partial charge < -0.3 is 10.4 Å². The predicted molar refractivity (Wildman–Crippen MR) is 76.8 cm³/mol. The van der Waals surface area contributed by atoms with E-state index < -0.39 is 0 Å². The van der Waals surface area contributed by atoms with Crippen LogP contribution in [0.4, 0.5) is 5.69 Å². The zero-order chi connectivity index (χ0) is 13.0. The molecule has 1 atom stereocenters. The minimum absolute atomic E-state index is 0.208. The minimum atomic E-state index is 0.208. The summed E-state index contributed by atoms with van der Waals surface area (Å²) in [5.41, 5.74) is 2.39. The fourth-order valence-electron chi connectivity index (χ4n) is 2.95. The monoisotopic (exact) mass is 247 g/mol. The predicted octanol–water partition coefficient (Wildman–Crippen LogP) is 3.59. The molecule has 0 radical (unpaired) electrons. The van der Waals surface area contributed by atoms with Gasteiger partial charge in [-0.1, -0.05) is 31.9 Å². The van der Waals surface area contributed by atoms with E-state index in [1.54, 1.807) is 0 Å². The van der Waals surface area contributed by atoms with Gasteiger partial charge >= 0.3 is 0 Å². The van der Waals surface area contributed by atoms with Gasteiger partial charge in [0.1, 0.15) is 0 Å². The number of aliphatic hydroxyl groups excluding tert-OH is 1. The van der Waals surface area contributed by atoms with Crippen molar-refractivity contribution in [2.24, 2.45) is 11.8 Å². The smallest absolute Gasteiger partial charge is 0.0635 e. The molecule has 0 aromatic heterocycles. The van der Waals surface area contributed by atoms with Crippen LogP contribution in [-0.4, -0.2) is 17.8 Å². The maximum absolute atomic E-state index is 9.61. The van der Waals surface area contributed by atoms with E-state index in [0.717, 1.165) is 11.6 Å². The standard InChI is InChI=1S/C16H25NO/c1-12-6-8-14(9-7-12)16(11-18)17-15-5-3-4-13(2)10-15/h3-5,10,12,14,16-18H,6-9,11H2,1-2H3. The Bertz CT molecular complexity index is 369. The number of anilines is 1. The molecule has 0 saturated heterocycles. The largest absolute Gasteiger partial charge is 0.394 e. The van der Waals surface area contributed by atoms with Crippen LogP contribution in [0.2, 0.25) is 0 Å². The van der Waals surface area contributed by atoms with Crippen LogP contribution in [0.25, 0.3) is 0 Å². The van der Waals surface area contributed by atoms with Crippen molar-refractivity contribution in [3.63, 3.8) is 0 Å². The Morgan fingerprint density at radius 3 is 2.61 bits per heavy atom. The zero-order valence-electron chi connectivity index (χ0n) is 11.5. The lowest BCUT2D eigenvalue weighted by Gasteiger charge is -2.32. The van der Waals surface area contributed by atoms with E-state index in [2.05, 4.69) is 43.4 Å². The van der Waals surface area contributed by atoms with Crippen molar-refractivity contribution in [3.8, 4) is 0 Å². The minimum Gasteiger partial charge on any atom is -0.394 e. The third-order valence-electron chi connectivity index (χ3n) is 4.20. The van der Waals surface area contributed by atoms with Gasteiger partial charge in [-0.3, -0.25) is 0 Å². The molecule has 1 fully saturated rings. The number of hydrogen-bond acceptors (Lipinski definition) is 2. The summed E-state index contributed by atoms with van der Waals surface area (Å²) in [4.78, 5) is 0. The summed E-state index contributed by atoms with van der Waals surface area (Å²) >= 11 is 0. The highest BCUT2D eigenvalue weighted by Gasteiger charge is 2.25. The van der Waals surface area contributed by atoms with E-state index in [4.69, 9.17) is 0 Å². The summed E-state index contributed by atoms with van der Waals surface area (Å²) in [7, 11) is 0. The van der Waals surface area contributed by atoms with Crippen LogP contribution in [-0.2, 0) is 0 Å². The molecular weight excluding hydrogens is 222 g/mol. The van der Waals surface area contributed by atoms with Crippen LogP contribution in [0.15, 0.2) is 24.3 Å². The van der Waals surface area contributed by atoms with Crippen molar-refractivity contribution < 1.29 is 5.11 Å². The average molecular weight is 247 g/mol. The molecule has 1 aliphatic rings. The second kappa shape index (κ2) is 6.24. The van der Waals surface area contributed by atoms with Crippen molar-refractivity contribution in [1.29, 1.82) is 0 Å². The fraction of sp³-hybridized carbons (Fsp3) is 0.625. The summed E-state index contributed by atoms with van der Waals surface area (Å²) in [6.07, 6.45) is 5.09. The highest BCUT2D eigenvalue weighted by molar-refractivity contribution is 5.46. The molecule has 0 bridgehead atoms. The average Bonchev–Trinajstić information content (AvgIpc) is 2.37. The molecule has 2 N–H and O–H groups in total. The number of rotatable bonds is 4. The Hall–Kier alpha value is -1.02. The van der Waals surface area contributed by atoms with E-state index >= 15 is 0 Å². The van der Waals surface area contributed by atoms with Gasteiger partial charge in [0, 0.05) is 5.69 Å². The SMILES string of the molecule is Cc1cccc(NC(CO)C2CCC(C)CC2)c1. The van der Waals surface area contributed by atoms with Crippen molar-refractivity contribution in [2.45, 2.75) is 45.6 Å². The van der Waals surface area contributed by atoms with Crippen LogP contribution in [0.3, 0.4) is 0 Å². The summed E-state index contributed by atoms with van der Waals surface area (Å²) in [6, 6.07) is 8.60. The van der Waals surface area contributed by atoms with E-state index in [0.29, 0.717) is 5.92 Å². The van der Waals surface area contributed by atoms with Crippen LogP contribution >= 0.6 is 0 Å². The van der Waals surface area contributed by atoms with Crippen molar-refractivity contribution >= 4 is 5.69 Å². The van der Waals surface area contributed by atoms with Crippen molar-refractivity contribution in [3.05, 3.63) is 29.8 Å². The highest BCUT2D eigenvalue weighted by atomic mass is 16.3. The van der Waals surface area contributed by atoms with Crippen molar-refractivity contribution in [1.82, 2.24) is 0 Å². The van der Waals surface area contributed by atoms with Gasteiger partial charge in [0.2, 0.25) is 0 Å². The molecule has 100 valence electrons. The number of aliphatic hydroxyl groups is 1. The third-order valence-corrected chi connectivity index (χ3v) is 4.20. The second-order valence-corrected chi connectivity index (χ2v) is 5.82. The van der Waals surface area contributed by atoms with Crippen LogP contribution in [0, 0.1) is 18.8 Å². The van der Waals surface area contributed by atoms with Gasteiger partial charge in [-0.15, -0.1) is 0 Å².